The molecule has 166 valence electrons. The number of aromatic hydroxyl groups is 1. The van der Waals surface area contributed by atoms with Gasteiger partial charge in [-0.2, -0.15) is 0 Å². The first-order valence-corrected chi connectivity index (χ1v) is 11.6. The number of benzene rings is 2. The molecule has 1 fully saturated rings. The molecule has 0 saturated carbocycles. The highest BCUT2D eigenvalue weighted by molar-refractivity contribution is 7.80. The molecule has 9 heteroatoms. The van der Waals surface area contributed by atoms with Crippen molar-refractivity contribution in [2.24, 2.45) is 0 Å². The highest BCUT2D eigenvalue weighted by Crippen LogP contribution is 2.45. The van der Waals surface area contributed by atoms with E-state index in [2.05, 4.69) is 10.3 Å². The molecule has 2 atom stereocenters. The Balaban J connectivity index is 1.71. The minimum Gasteiger partial charge on any atom is -0.506 e. The van der Waals surface area contributed by atoms with E-state index in [1.165, 1.54) is 0 Å². The molecule has 0 amide bonds. The topological polar surface area (TPSA) is 53.3 Å². The van der Waals surface area contributed by atoms with Crippen LogP contribution >= 0.6 is 47.0 Å². The fourth-order valence-corrected chi connectivity index (χ4v) is 5.14. The van der Waals surface area contributed by atoms with Crippen molar-refractivity contribution in [3.8, 4) is 11.4 Å². The van der Waals surface area contributed by atoms with Gasteiger partial charge in [-0.1, -0.05) is 40.9 Å². The summed E-state index contributed by atoms with van der Waals surface area (Å²) in [6.45, 7) is 0. The molecule has 3 heterocycles. The van der Waals surface area contributed by atoms with E-state index >= 15 is 0 Å². The van der Waals surface area contributed by atoms with Crippen molar-refractivity contribution < 1.29 is 5.11 Å². The molecule has 5 nitrogen and oxygen atoms in total. The number of phenolic OH excluding ortho intramolecular Hbond substituents is 1. The van der Waals surface area contributed by atoms with Gasteiger partial charge in [0.25, 0.3) is 0 Å². The van der Waals surface area contributed by atoms with E-state index < -0.39 is 0 Å². The van der Waals surface area contributed by atoms with Gasteiger partial charge < -0.3 is 19.9 Å². The summed E-state index contributed by atoms with van der Waals surface area (Å²) in [5.74, 6) is 0.0675. The maximum absolute atomic E-state index is 10.7. The molecule has 1 aliphatic rings. The standard InChI is InChI=1S/C24H17Cl3N4OS/c25-14-6-8-18(16(27)12-14)30-11-3-5-19(30)23-22(17-4-1-2-10-28-17)29-24(33)31(23)20-13-15(26)7-9-21(20)32/h1-13,22-23,32H,(H,29,33)/t22-,23-/m0/s1. The van der Waals surface area contributed by atoms with Crippen LogP contribution in [0.15, 0.2) is 79.1 Å². The largest absolute Gasteiger partial charge is 0.506 e. The van der Waals surface area contributed by atoms with Gasteiger partial charge >= 0.3 is 0 Å². The highest BCUT2D eigenvalue weighted by atomic mass is 35.5. The summed E-state index contributed by atoms with van der Waals surface area (Å²) >= 11 is 24.7. The Kier molecular flexibility index (Phi) is 5.93. The Morgan fingerprint density at radius 1 is 0.909 bits per heavy atom. The number of hydrogen-bond donors (Lipinski definition) is 2. The molecule has 0 unspecified atom stereocenters. The van der Waals surface area contributed by atoms with Crippen LogP contribution in [0.3, 0.4) is 0 Å². The lowest BCUT2D eigenvalue weighted by Crippen LogP contribution is -2.30. The minimum atomic E-state index is -0.362. The lowest BCUT2D eigenvalue weighted by Gasteiger charge is -2.29. The van der Waals surface area contributed by atoms with E-state index in [1.54, 1.807) is 36.5 Å². The first-order chi connectivity index (χ1) is 15.9. The zero-order valence-corrected chi connectivity index (χ0v) is 20.1. The number of thiocarbonyl (C=S) groups is 1. The fraction of sp³-hybridized carbons (Fsp3) is 0.0833. The second-order valence-electron chi connectivity index (χ2n) is 7.53. The van der Waals surface area contributed by atoms with Gasteiger partial charge in [0.1, 0.15) is 11.8 Å². The lowest BCUT2D eigenvalue weighted by molar-refractivity contribution is 0.472. The average molecular weight is 516 g/mol. The maximum Gasteiger partial charge on any atom is 0.174 e. The number of nitrogens with zero attached hydrogens (tertiary/aromatic N) is 3. The summed E-state index contributed by atoms with van der Waals surface area (Å²) in [6, 6.07) is 19.3. The molecule has 2 aromatic heterocycles. The van der Waals surface area contributed by atoms with Crippen molar-refractivity contribution in [2.45, 2.75) is 12.1 Å². The summed E-state index contributed by atoms with van der Waals surface area (Å²) in [6.07, 6.45) is 3.67. The molecule has 2 N–H and O–H groups in total. The number of hydrogen-bond acceptors (Lipinski definition) is 3. The number of rotatable bonds is 4. The van der Waals surface area contributed by atoms with Gasteiger partial charge in [0.15, 0.2) is 5.11 Å². The van der Waals surface area contributed by atoms with E-state index in [4.69, 9.17) is 47.0 Å². The van der Waals surface area contributed by atoms with Crippen molar-refractivity contribution in [2.75, 3.05) is 4.90 Å². The summed E-state index contributed by atoms with van der Waals surface area (Å²) in [5.41, 5.74) is 2.97. The zero-order chi connectivity index (χ0) is 23.1. The van der Waals surface area contributed by atoms with Crippen molar-refractivity contribution in [1.29, 1.82) is 0 Å². The first kappa shape index (κ1) is 22.0. The van der Waals surface area contributed by atoms with Gasteiger partial charge in [-0.15, -0.1) is 0 Å². The number of halogens is 3. The number of anilines is 1. The predicted octanol–water partition coefficient (Wildman–Crippen LogP) is 6.72. The molecule has 0 bridgehead atoms. The predicted molar refractivity (Wildman–Crippen MR) is 137 cm³/mol. The van der Waals surface area contributed by atoms with Crippen LogP contribution in [0.1, 0.15) is 23.5 Å². The van der Waals surface area contributed by atoms with Crippen LogP contribution in [-0.2, 0) is 0 Å². The van der Waals surface area contributed by atoms with E-state index in [-0.39, 0.29) is 17.8 Å². The SMILES string of the molecule is Oc1ccc(Cl)cc1N1C(=S)N[C@@H](c2ccccn2)[C@@H]1c1cccn1-c1ccc(Cl)cc1Cl. The van der Waals surface area contributed by atoms with Gasteiger partial charge in [0.2, 0.25) is 0 Å². The summed E-state index contributed by atoms with van der Waals surface area (Å²) in [7, 11) is 0. The third-order valence-electron chi connectivity index (χ3n) is 5.55. The Bertz CT molecular complexity index is 1340. The van der Waals surface area contributed by atoms with Crippen LogP contribution in [-0.4, -0.2) is 19.8 Å². The van der Waals surface area contributed by atoms with E-state index in [0.29, 0.717) is 25.9 Å². The van der Waals surface area contributed by atoms with Crippen molar-refractivity contribution >= 4 is 57.8 Å². The third kappa shape index (κ3) is 4.04. The van der Waals surface area contributed by atoms with Crippen LogP contribution < -0.4 is 10.2 Å². The number of phenols is 1. The first-order valence-electron chi connectivity index (χ1n) is 10.1. The quantitative estimate of drug-likeness (QED) is 0.296. The van der Waals surface area contributed by atoms with E-state index in [1.807, 2.05) is 52.1 Å². The van der Waals surface area contributed by atoms with Crippen LogP contribution in [0.2, 0.25) is 15.1 Å². The van der Waals surface area contributed by atoms with Crippen molar-refractivity contribution in [3.63, 3.8) is 0 Å². The van der Waals surface area contributed by atoms with Crippen LogP contribution in [0.4, 0.5) is 5.69 Å². The molecule has 2 aromatic carbocycles. The van der Waals surface area contributed by atoms with Gasteiger partial charge in [0.05, 0.1) is 28.1 Å². The molecule has 1 saturated heterocycles. The monoisotopic (exact) mass is 514 g/mol. The van der Waals surface area contributed by atoms with E-state index in [9.17, 15) is 5.11 Å². The number of pyridine rings is 1. The second kappa shape index (κ2) is 8.88. The molecular formula is C24H17Cl3N4OS. The summed E-state index contributed by atoms with van der Waals surface area (Å²) in [4.78, 5) is 6.43. The van der Waals surface area contributed by atoms with Crippen molar-refractivity contribution in [1.82, 2.24) is 14.9 Å². The summed E-state index contributed by atoms with van der Waals surface area (Å²) in [5, 5.41) is 16.1. The van der Waals surface area contributed by atoms with Gasteiger partial charge in [-0.05, 0) is 72.9 Å². The molecule has 4 aromatic rings. The molecule has 0 radical (unpaired) electrons. The van der Waals surface area contributed by atoms with Gasteiger partial charge in [0, 0.05) is 28.1 Å². The highest BCUT2D eigenvalue weighted by Gasteiger charge is 2.43. The van der Waals surface area contributed by atoms with Crippen LogP contribution in [0.25, 0.3) is 5.69 Å². The molecule has 0 spiro atoms. The molecule has 33 heavy (non-hydrogen) atoms. The molecular weight excluding hydrogens is 499 g/mol. The van der Waals surface area contributed by atoms with E-state index in [0.717, 1.165) is 17.1 Å². The van der Waals surface area contributed by atoms with Gasteiger partial charge in [-0.3, -0.25) is 4.98 Å². The smallest absolute Gasteiger partial charge is 0.174 e. The number of aromatic nitrogens is 2. The molecule has 1 aliphatic heterocycles. The normalized spacial score (nSPS) is 17.9. The van der Waals surface area contributed by atoms with Crippen LogP contribution in [0, 0.1) is 0 Å². The second-order valence-corrected chi connectivity index (χ2v) is 9.20. The van der Waals surface area contributed by atoms with Crippen molar-refractivity contribution in [3.05, 3.63) is 106 Å². The Morgan fingerprint density at radius 3 is 2.45 bits per heavy atom. The Hall–Kier alpha value is -2.77. The van der Waals surface area contributed by atoms with Crippen LogP contribution in [0.5, 0.6) is 5.75 Å². The molecule has 5 rings (SSSR count). The lowest BCUT2D eigenvalue weighted by atomic mass is 10.0. The Labute approximate surface area is 211 Å². The number of nitrogens with one attached hydrogen (secondary N) is 1. The molecule has 0 aliphatic carbocycles. The third-order valence-corrected chi connectivity index (χ3v) is 6.64. The minimum absolute atomic E-state index is 0.0675. The Morgan fingerprint density at radius 2 is 1.70 bits per heavy atom. The average Bonchev–Trinajstić information content (AvgIpc) is 3.40. The fourth-order valence-electron chi connectivity index (χ4n) is 4.14. The summed E-state index contributed by atoms with van der Waals surface area (Å²) < 4.78 is 1.99. The maximum atomic E-state index is 10.7. The zero-order valence-electron chi connectivity index (χ0n) is 17.0. The van der Waals surface area contributed by atoms with Gasteiger partial charge in [-0.25, -0.2) is 0 Å².